The summed E-state index contributed by atoms with van der Waals surface area (Å²) in [6, 6.07) is 3.57. The number of aryl methyl sites for hydroxylation is 1. The number of hydrogen-bond acceptors (Lipinski definition) is 4. The first kappa shape index (κ1) is 22.2. The van der Waals surface area contributed by atoms with Crippen molar-refractivity contribution in [1.29, 1.82) is 0 Å². The van der Waals surface area contributed by atoms with Crippen molar-refractivity contribution in [2.45, 2.75) is 50.8 Å². The number of methoxy groups -OCH3 is 1. The van der Waals surface area contributed by atoms with Crippen molar-refractivity contribution in [1.82, 2.24) is 10.0 Å². The van der Waals surface area contributed by atoms with Crippen molar-refractivity contribution in [3.8, 4) is 5.75 Å². The van der Waals surface area contributed by atoms with E-state index in [1.165, 1.54) is 12.8 Å². The van der Waals surface area contributed by atoms with E-state index in [0.29, 0.717) is 22.9 Å². The lowest BCUT2D eigenvalue weighted by molar-refractivity contribution is 0.358. The van der Waals surface area contributed by atoms with Crippen LogP contribution in [0.5, 0.6) is 5.75 Å². The molecule has 0 radical (unpaired) electrons. The zero-order chi connectivity index (χ0) is 17.7. The lowest BCUT2D eigenvalue weighted by atomic mass is 9.96. The minimum atomic E-state index is -3.50. The molecule has 2 N–H and O–H groups in total. The normalized spacial score (nSPS) is 18.0. The monoisotopic (exact) mass is 390 g/mol. The highest BCUT2D eigenvalue weighted by Gasteiger charge is 2.21. The Kier molecular flexibility index (Phi) is 8.68. The molecular formula is C18H31ClN2O3S. The Hall–Kier alpha value is -0.820. The molecule has 1 saturated heterocycles. The molecule has 1 aromatic carbocycles. The quantitative estimate of drug-likeness (QED) is 0.750. The van der Waals surface area contributed by atoms with Crippen LogP contribution < -0.4 is 14.8 Å². The van der Waals surface area contributed by atoms with Crippen LogP contribution in [0.4, 0.5) is 0 Å². The molecule has 5 nitrogen and oxygen atoms in total. The van der Waals surface area contributed by atoms with Crippen LogP contribution in [0, 0.1) is 12.8 Å². The summed E-state index contributed by atoms with van der Waals surface area (Å²) in [6.07, 6.45) is 3.22. The number of benzene rings is 1. The van der Waals surface area contributed by atoms with E-state index in [0.717, 1.165) is 30.8 Å². The Morgan fingerprint density at radius 1 is 1.36 bits per heavy atom. The van der Waals surface area contributed by atoms with Gasteiger partial charge in [-0.3, -0.25) is 0 Å². The Morgan fingerprint density at radius 3 is 2.64 bits per heavy atom. The van der Waals surface area contributed by atoms with Gasteiger partial charge >= 0.3 is 0 Å². The van der Waals surface area contributed by atoms with Gasteiger partial charge in [0.15, 0.2) is 0 Å². The van der Waals surface area contributed by atoms with Crippen molar-refractivity contribution in [2.75, 3.05) is 26.7 Å². The minimum absolute atomic E-state index is 0. The molecular weight excluding hydrogens is 360 g/mol. The summed E-state index contributed by atoms with van der Waals surface area (Å²) in [7, 11) is -1.88. The van der Waals surface area contributed by atoms with Gasteiger partial charge < -0.3 is 10.1 Å². The fourth-order valence-electron chi connectivity index (χ4n) is 3.24. The number of sulfonamides is 1. The number of hydrogen-bond donors (Lipinski definition) is 2. The SMILES string of the molecule is COc1cc(C)c(S(=O)(=O)NCCC2CCCNC2)cc1C(C)C.Cl. The Balaban J connectivity index is 0.00000312. The Bertz CT molecular complexity index is 657. The molecule has 1 heterocycles. The third-order valence-corrected chi connectivity index (χ3v) is 6.29. The summed E-state index contributed by atoms with van der Waals surface area (Å²) in [5.41, 5.74) is 1.63. The molecule has 0 aromatic heterocycles. The zero-order valence-corrected chi connectivity index (χ0v) is 17.2. The molecule has 1 atom stereocenters. The summed E-state index contributed by atoms with van der Waals surface area (Å²) in [4.78, 5) is 0.355. The largest absolute Gasteiger partial charge is 0.496 e. The summed E-state index contributed by atoms with van der Waals surface area (Å²) >= 11 is 0. The average Bonchev–Trinajstić information content (AvgIpc) is 2.54. The Labute approximate surface area is 158 Å². The van der Waals surface area contributed by atoms with Gasteiger partial charge in [0, 0.05) is 6.54 Å². The Morgan fingerprint density at radius 2 is 2.08 bits per heavy atom. The first-order valence-corrected chi connectivity index (χ1v) is 10.2. The van der Waals surface area contributed by atoms with Gasteiger partial charge in [-0.1, -0.05) is 13.8 Å². The lowest BCUT2D eigenvalue weighted by Gasteiger charge is -2.22. The van der Waals surface area contributed by atoms with Crippen molar-refractivity contribution in [3.63, 3.8) is 0 Å². The third-order valence-electron chi connectivity index (χ3n) is 4.68. The molecule has 2 rings (SSSR count). The summed E-state index contributed by atoms with van der Waals surface area (Å²) < 4.78 is 33.6. The second-order valence-electron chi connectivity index (χ2n) is 6.91. The van der Waals surface area contributed by atoms with Crippen LogP contribution >= 0.6 is 12.4 Å². The average molecular weight is 391 g/mol. The van der Waals surface area contributed by atoms with E-state index in [9.17, 15) is 8.42 Å². The second-order valence-corrected chi connectivity index (χ2v) is 8.65. The van der Waals surface area contributed by atoms with Crippen LogP contribution in [0.25, 0.3) is 0 Å². The molecule has 0 aliphatic carbocycles. The fourth-order valence-corrected chi connectivity index (χ4v) is 4.55. The molecule has 25 heavy (non-hydrogen) atoms. The minimum Gasteiger partial charge on any atom is -0.496 e. The highest BCUT2D eigenvalue weighted by molar-refractivity contribution is 7.89. The second kappa shape index (κ2) is 9.76. The smallest absolute Gasteiger partial charge is 0.240 e. The van der Waals surface area contributed by atoms with Gasteiger partial charge in [0.1, 0.15) is 5.75 Å². The van der Waals surface area contributed by atoms with E-state index >= 15 is 0 Å². The fraction of sp³-hybridized carbons (Fsp3) is 0.667. The van der Waals surface area contributed by atoms with E-state index in [1.807, 2.05) is 26.8 Å². The van der Waals surface area contributed by atoms with Gasteiger partial charge in [-0.15, -0.1) is 12.4 Å². The van der Waals surface area contributed by atoms with Crippen LogP contribution in [-0.4, -0.2) is 35.2 Å². The van der Waals surface area contributed by atoms with Crippen LogP contribution in [0.3, 0.4) is 0 Å². The van der Waals surface area contributed by atoms with E-state index in [1.54, 1.807) is 13.2 Å². The summed E-state index contributed by atoms with van der Waals surface area (Å²) in [5, 5.41) is 3.36. The maximum Gasteiger partial charge on any atom is 0.240 e. The molecule has 144 valence electrons. The molecule has 1 aliphatic rings. The van der Waals surface area contributed by atoms with Gasteiger partial charge in [0.2, 0.25) is 10.0 Å². The van der Waals surface area contributed by atoms with Gasteiger partial charge in [0.05, 0.1) is 12.0 Å². The van der Waals surface area contributed by atoms with Crippen LogP contribution in [0.15, 0.2) is 17.0 Å². The molecule has 0 saturated carbocycles. The van der Waals surface area contributed by atoms with Gasteiger partial charge in [0.25, 0.3) is 0 Å². The third kappa shape index (κ3) is 5.84. The molecule has 1 fully saturated rings. The standard InChI is InChI=1S/C18H30N2O3S.ClH/c1-13(2)16-11-18(14(3)10-17(16)23-4)24(21,22)20-9-7-15-6-5-8-19-12-15;/h10-11,13,15,19-20H,5-9,12H2,1-4H3;1H. The molecule has 1 aromatic rings. The van der Waals surface area contributed by atoms with Crippen molar-refractivity contribution >= 4 is 22.4 Å². The van der Waals surface area contributed by atoms with E-state index in [4.69, 9.17) is 4.74 Å². The van der Waals surface area contributed by atoms with Gasteiger partial charge in [-0.25, -0.2) is 13.1 Å². The van der Waals surface area contributed by atoms with Crippen LogP contribution in [0.1, 0.15) is 50.2 Å². The molecule has 1 aliphatic heterocycles. The van der Waals surface area contributed by atoms with E-state index in [-0.39, 0.29) is 18.3 Å². The molecule has 0 spiro atoms. The molecule has 0 bridgehead atoms. The van der Waals surface area contributed by atoms with E-state index < -0.39 is 10.0 Å². The first-order chi connectivity index (χ1) is 11.3. The molecule has 1 unspecified atom stereocenters. The van der Waals surface area contributed by atoms with Crippen LogP contribution in [-0.2, 0) is 10.0 Å². The predicted octanol–water partition coefficient (Wildman–Crippen LogP) is 3.22. The van der Waals surface area contributed by atoms with Gasteiger partial charge in [-0.2, -0.15) is 0 Å². The summed E-state index contributed by atoms with van der Waals surface area (Å²) in [5.74, 6) is 1.50. The predicted molar refractivity (Wildman–Crippen MR) is 104 cm³/mol. The first-order valence-electron chi connectivity index (χ1n) is 8.74. The topological polar surface area (TPSA) is 67.4 Å². The lowest BCUT2D eigenvalue weighted by Crippen LogP contribution is -2.33. The van der Waals surface area contributed by atoms with Crippen LogP contribution in [0.2, 0.25) is 0 Å². The molecule has 0 amide bonds. The maximum absolute atomic E-state index is 12.7. The highest BCUT2D eigenvalue weighted by atomic mass is 35.5. The molecule has 7 heteroatoms. The highest BCUT2D eigenvalue weighted by Crippen LogP contribution is 2.31. The van der Waals surface area contributed by atoms with Crippen molar-refractivity contribution < 1.29 is 13.2 Å². The maximum atomic E-state index is 12.7. The summed E-state index contributed by atoms with van der Waals surface area (Å²) in [6.45, 7) is 8.43. The zero-order valence-electron chi connectivity index (χ0n) is 15.6. The number of ether oxygens (including phenoxy) is 1. The van der Waals surface area contributed by atoms with Crippen molar-refractivity contribution in [2.24, 2.45) is 5.92 Å². The number of piperidine rings is 1. The number of nitrogens with one attached hydrogen (secondary N) is 2. The van der Waals surface area contributed by atoms with Crippen molar-refractivity contribution in [3.05, 3.63) is 23.3 Å². The van der Waals surface area contributed by atoms with Gasteiger partial charge in [-0.05, 0) is 74.4 Å². The number of rotatable bonds is 7. The van der Waals surface area contributed by atoms with E-state index in [2.05, 4.69) is 10.0 Å². The number of halogens is 1.